The highest BCUT2D eigenvalue weighted by Crippen LogP contribution is 2.19. The standard InChI is InChI=1S/C13H20BrN3O/c1-10(2)13-15-11(14)9-12(16-13)18-8-7-17-5-3-4-6-17/h9-10H,3-8H2,1-2H3. The molecule has 1 aliphatic heterocycles. The highest BCUT2D eigenvalue weighted by atomic mass is 79.9. The third-order valence-electron chi connectivity index (χ3n) is 3.06. The third kappa shape index (κ3) is 3.92. The second kappa shape index (κ2) is 6.48. The lowest BCUT2D eigenvalue weighted by atomic mass is 10.2. The first-order valence-electron chi connectivity index (χ1n) is 6.55. The zero-order valence-corrected chi connectivity index (χ0v) is 12.6. The molecule has 0 radical (unpaired) electrons. The largest absolute Gasteiger partial charge is 0.476 e. The molecule has 1 aromatic heterocycles. The van der Waals surface area contributed by atoms with Crippen molar-refractivity contribution in [3.63, 3.8) is 0 Å². The van der Waals surface area contributed by atoms with E-state index in [0.717, 1.165) is 17.0 Å². The van der Waals surface area contributed by atoms with Crippen molar-refractivity contribution in [2.45, 2.75) is 32.6 Å². The van der Waals surface area contributed by atoms with Gasteiger partial charge in [0.25, 0.3) is 0 Å². The molecule has 5 heteroatoms. The highest BCUT2D eigenvalue weighted by molar-refractivity contribution is 9.10. The van der Waals surface area contributed by atoms with Crippen LogP contribution in [0.15, 0.2) is 10.7 Å². The first-order valence-corrected chi connectivity index (χ1v) is 7.34. The first kappa shape index (κ1) is 13.7. The van der Waals surface area contributed by atoms with E-state index in [0.29, 0.717) is 18.4 Å². The van der Waals surface area contributed by atoms with E-state index in [2.05, 4.69) is 44.6 Å². The Labute approximate surface area is 117 Å². The van der Waals surface area contributed by atoms with E-state index >= 15 is 0 Å². The predicted octanol–water partition coefficient (Wildman–Crippen LogP) is 2.84. The van der Waals surface area contributed by atoms with Gasteiger partial charge in [0, 0.05) is 18.5 Å². The molecule has 18 heavy (non-hydrogen) atoms. The van der Waals surface area contributed by atoms with Crippen molar-refractivity contribution in [1.29, 1.82) is 0 Å². The van der Waals surface area contributed by atoms with Gasteiger partial charge in [-0.3, -0.25) is 4.90 Å². The summed E-state index contributed by atoms with van der Waals surface area (Å²) in [4.78, 5) is 11.2. The van der Waals surface area contributed by atoms with Gasteiger partial charge in [0.2, 0.25) is 5.88 Å². The molecule has 0 N–H and O–H groups in total. The zero-order chi connectivity index (χ0) is 13.0. The minimum Gasteiger partial charge on any atom is -0.476 e. The molecule has 0 saturated carbocycles. The molecular formula is C13H20BrN3O. The third-order valence-corrected chi connectivity index (χ3v) is 3.47. The quantitative estimate of drug-likeness (QED) is 0.783. The molecule has 0 unspecified atom stereocenters. The van der Waals surface area contributed by atoms with Gasteiger partial charge in [-0.25, -0.2) is 4.98 Å². The number of aromatic nitrogens is 2. The Bertz CT molecular complexity index is 392. The maximum atomic E-state index is 5.72. The molecule has 0 aromatic carbocycles. The summed E-state index contributed by atoms with van der Waals surface area (Å²) in [6, 6.07) is 1.83. The Morgan fingerprint density at radius 3 is 2.72 bits per heavy atom. The lowest BCUT2D eigenvalue weighted by Gasteiger charge is -2.15. The molecule has 4 nitrogen and oxygen atoms in total. The Morgan fingerprint density at radius 1 is 1.33 bits per heavy atom. The predicted molar refractivity (Wildman–Crippen MR) is 75.0 cm³/mol. The molecule has 0 atom stereocenters. The summed E-state index contributed by atoms with van der Waals surface area (Å²) in [5, 5.41) is 0. The number of hydrogen-bond donors (Lipinski definition) is 0. The minimum absolute atomic E-state index is 0.309. The maximum absolute atomic E-state index is 5.72. The van der Waals surface area contributed by atoms with Gasteiger partial charge < -0.3 is 4.74 Å². The first-order chi connectivity index (χ1) is 8.65. The number of halogens is 1. The fraction of sp³-hybridized carbons (Fsp3) is 0.692. The zero-order valence-electron chi connectivity index (χ0n) is 11.0. The summed E-state index contributed by atoms with van der Waals surface area (Å²) >= 11 is 3.40. The lowest BCUT2D eigenvalue weighted by molar-refractivity contribution is 0.231. The summed E-state index contributed by atoms with van der Waals surface area (Å²) in [5.74, 6) is 1.80. The van der Waals surface area contributed by atoms with Crippen molar-refractivity contribution in [1.82, 2.24) is 14.9 Å². The Kier molecular flexibility index (Phi) is 4.95. The van der Waals surface area contributed by atoms with Crippen molar-refractivity contribution in [2.24, 2.45) is 0 Å². The molecular weight excluding hydrogens is 294 g/mol. The Hall–Kier alpha value is -0.680. The fourth-order valence-electron chi connectivity index (χ4n) is 2.03. The van der Waals surface area contributed by atoms with Crippen LogP contribution in [0.5, 0.6) is 5.88 Å². The van der Waals surface area contributed by atoms with Crippen LogP contribution in [0.25, 0.3) is 0 Å². The number of nitrogens with zero attached hydrogens (tertiary/aromatic N) is 3. The molecule has 1 aromatic rings. The molecule has 1 aliphatic rings. The van der Waals surface area contributed by atoms with Crippen molar-refractivity contribution < 1.29 is 4.74 Å². The van der Waals surface area contributed by atoms with Crippen LogP contribution < -0.4 is 4.74 Å². The number of rotatable bonds is 5. The fourth-order valence-corrected chi connectivity index (χ4v) is 2.41. The van der Waals surface area contributed by atoms with Gasteiger partial charge >= 0.3 is 0 Å². The molecule has 0 amide bonds. The van der Waals surface area contributed by atoms with E-state index in [1.807, 2.05) is 6.07 Å². The maximum Gasteiger partial charge on any atom is 0.217 e. The topological polar surface area (TPSA) is 38.2 Å². The van der Waals surface area contributed by atoms with Crippen LogP contribution >= 0.6 is 15.9 Å². The Balaban J connectivity index is 1.88. The molecule has 0 aliphatic carbocycles. The van der Waals surface area contributed by atoms with E-state index in [4.69, 9.17) is 4.74 Å². The van der Waals surface area contributed by atoms with Gasteiger partial charge in [0.15, 0.2) is 0 Å². The van der Waals surface area contributed by atoms with Crippen LogP contribution in [-0.4, -0.2) is 41.1 Å². The van der Waals surface area contributed by atoms with Gasteiger partial charge in [-0.15, -0.1) is 0 Å². The monoisotopic (exact) mass is 313 g/mol. The molecule has 100 valence electrons. The molecule has 0 bridgehead atoms. The van der Waals surface area contributed by atoms with Crippen LogP contribution in [0.1, 0.15) is 38.4 Å². The summed E-state index contributed by atoms with van der Waals surface area (Å²) < 4.78 is 6.51. The van der Waals surface area contributed by atoms with Gasteiger partial charge in [-0.2, -0.15) is 4.98 Å². The lowest BCUT2D eigenvalue weighted by Crippen LogP contribution is -2.25. The number of likely N-dealkylation sites (tertiary alicyclic amines) is 1. The van der Waals surface area contributed by atoms with Crippen LogP contribution in [0.4, 0.5) is 0 Å². The van der Waals surface area contributed by atoms with E-state index in [1.54, 1.807) is 0 Å². The van der Waals surface area contributed by atoms with Gasteiger partial charge in [0.05, 0.1) is 0 Å². The number of hydrogen-bond acceptors (Lipinski definition) is 4. The van der Waals surface area contributed by atoms with Crippen molar-refractivity contribution in [2.75, 3.05) is 26.2 Å². The van der Waals surface area contributed by atoms with E-state index < -0.39 is 0 Å². The summed E-state index contributed by atoms with van der Waals surface area (Å²) in [6.45, 7) is 8.24. The van der Waals surface area contributed by atoms with Crippen molar-refractivity contribution in [3.8, 4) is 5.88 Å². The highest BCUT2D eigenvalue weighted by Gasteiger charge is 2.12. The molecule has 2 rings (SSSR count). The van der Waals surface area contributed by atoms with E-state index in [-0.39, 0.29) is 0 Å². The van der Waals surface area contributed by atoms with E-state index in [9.17, 15) is 0 Å². The minimum atomic E-state index is 0.309. The molecule has 0 spiro atoms. The van der Waals surface area contributed by atoms with Crippen LogP contribution in [0, 0.1) is 0 Å². The van der Waals surface area contributed by atoms with Crippen LogP contribution in [-0.2, 0) is 0 Å². The SMILES string of the molecule is CC(C)c1nc(Br)cc(OCCN2CCCC2)n1. The summed E-state index contributed by atoms with van der Waals surface area (Å²) in [6.07, 6.45) is 2.63. The van der Waals surface area contributed by atoms with Crippen molar-refractivity contribution >= 4 is 15.9 Å². The molecule has 2 heterocycles. The second-order valence-electron chi connectivity index (χ2n) is 4.94. The molecule has 1 fully saturated rings. The average molecular weight is 314 g/mol. The van der Waals surface area contributed by atoms with Gasteiger partial charge in [-0.05, 0) is 41.9 Å². The number of ether oxygens (including phenoxy) is 1. The second-order valence-corrected chi connectivity index (χ2v) is 5.75. The Morgan fingerprint density at radius 2 is 2.06 bits per heavy atom. The van der Waals surface area contributed by atoms with E-state index in [1.165, 1.54) is 25.9 Å². The smallest absolute Gasteiger partial charge is 0.217 e. The summed E-state index contributed by atoms with van der Waals surface area (Å²) in [5.41, 5.74) is 0. The van der Waals surface area contributed by atoms with Crippen LogP contribution in [0.2, 0.25) is 0 Å². The van der Waals surface area contributed by atoms with Gasteiger partial charge in [-0.1, -0.05) is 13.8 Å². The molecule has 1 saturated heterocycles. The normalized spacial score (nSPS) is 16.4. The average Bonchev–Trinajstić information content (AvgIpc) is 2.81. The van der Waals surface area contributed by atoms with Gasteiger partial charge in [0.1, 0.15) is 17.0 Å². The summed E-state index contributed by atoms with van der Waals surface area (Å²) in [7, 11) is 0. The van der Waals surface area contributed by atoms with Crippen LogP contribution in [0.3, 0.4) is 0 Å². The van der Waals surface area contributed by atoms with Crippen molar-refractivity contribution in [3.05, 3.63) is 16.5 Å².